The molecule has 2 N–H and O–H groups in total. The van der Waals surface area contributed by atoms with Crippen LogP contribution < -0.4 is 10.1 Å². The number of carboxylic acid groups (broad SMARTS) is 1. The second-order valence-electron chi connectivity index (χ2n) is 4.47. The van der Waals surface area contributed by atoms with Crippen molar-refractivity contribution in [1.29, 1.82) is 0 Å². The number of nitrogens with one attached hydrogen (secondary N) is 1. The van der Waals surface area contributed by atoms with Crippen molar-refractivity contribution in [1.82, 2.24) is 5.32 Å². The molecule has 0 saturated carbocycles. The Kier molecular flexibility index (Phi) is 5.69. The molecule has 0 aromatic heterocycles. The Labute approximate surface area is 135 Å². The summed E-state index contributed by atoms with van der Waals surface area (Å²) >= 11 is 0.995. The van der Waals surface area contributed by atoms with Gasteiger partial charge in [-0.3, -0.25) is 9.59 Å². The van der Waals surface area contributed by atoms with Crippen LogP contribution in [0.3, 0.4) is 0 Å². The zero-order valence-corrected chi connectivity index (χ0v) is 13.0. The van der Waals surface area contributed by atoms with E-state index in [1.165, 1.54) is 18.3 Å². The van der Waals surface area contributed by atoms with E-state index in [1.807, 2.05) is 0 Å². The molecule has 1 aliphatic rings. The summed E-state index contributed by atoms with van der Waals surface area (Å²) in [6.07, 6.45) is 1.03. The van der Waals surface area contributed by atoms with Crippen molar-refractivity contribution in [2.45, 2.75) is 18.6 Å². The van der Waals surface area contributed by atoms with E-state index in [2.05, 4.69) is 15.5 Å². The van der Waals surface area contributed by atoms with Crippen LogP contribution in [0.5, 0.6) is 5.75 Å². The molecule has 1 saturated heterocycles. The average molecular weight is 339 g/mol. The van der Waals surface area contributed by atoms with Crippen molar-refractivity contribution in [3.05, 3.63) is 29.6 Å². The highest BCUT2D eigenvalue weighted by atomic mass is 32.2. The van der Waals surface area contributed by atoms with Crippen molar-refractivity contribution >= 4 is 35.0 Å². The molecule has 1 amide bonds. The number of carbonyl (C=O) groups excluding carboxylic acids is 1. The molecule has 7 nitrogen and oxygen atoms in total. The highest BCUT2D eigenvalue weighted by molar-refractivity contribution is 8.15. The summed E-state index contributed by atoms with van der Waals surface area (Å²) in [6, 6.07) is 4.36. The fraction of sp³-hybridized carbons (Fsp3) is 0.286. The monoisotopic (exact) mass is 339 g/mol. The number of halogens is 1. The first-order chi connectivity index (χ1) is 11.0. The Balaban J connectivity index is 2.00. The summed E-state index contributed by atoms with van der Waals surface area (Å²) in [6.45, 7) is 2.13. The van der Waals surface area contributed by atoms with Crippen molar-refractivity contribution in [3.63, 3.8) is 0 Å². The summed E-state index contributed by atoms with van der Waals surface area (Å²) in [5.74, 6) is -1.83. The Bertz CT molecular complexity index is 678. The van der Waals surface area contributed by atoms with Gasteiger partial charge in [0.05, 0.1) is 19.2 Å². The predicted molar refractivity (Wildman–Crippen MR) is 84.4 cm³/mol. The van der Waals surface area contributed by atoms with Gasteiger partial charge in [0.15, 0.2) is 16.7 Å². The van der Waals surface area contributed by atoms with Crippen LogP contribution in [0.25, 0.3) is 0 Å². The molecule has 0 aliphatic carbocycles. The van der Waals surface area contributed by atoms with E-state index in [0.717, 1.165) is 11.8 Å². The first-order valence-electron chi connectivity index (χ1n) is 6.72. The summed E-state index contributed by atoms with van der Waals surface area (Å²) in [5.41, 5.74) is 0.478. The van der Waals surface area contributed by atoms with Crippen LogP contribution in [0.1, 0.15) is 18.9 Å². The number of rotatable bonds is 6. The Morgan fingerprint density at radius 3 is 3.00 bits per heavy atom. The van der Waals surface area contributed by atoms with Crippen LogP contribution in [0.15, 0.2) is 28.4 Å². The minimum absolute atomic E-state index is 0.158. The van der Waals surface area contributed by atoms with Crippen LogP contribution in [0.4, 0.5) is 4.39 Å². The van der Waals surface area contributed by atoms with Gasteiger partial charge in [0.1, 0.15) is 5.25 Å². The van der Waals surface area contributed by atoms with Crippen LogP contribution in [-0.4, -0.2) is 40.2 Å². The van der Waals surface area contributed by atoms with Gasteiger partial charge in [-0.05, 0) is 30.7 Å². The predicted octanol–water partition coefficient (Wildman–Crippen LogP) is 1.62. The molecule has 1 fully saturated rings. The molecule has 0 spiro atoms. The van der Waals surface area contributed by atoms with E-state index >= 15 is 0 Å². The molecular weight excluding hydrogens is 325 g/mol. The van der Waals surface area contributed by atoms with Crippen LogP contribution in [0.2, 0.25) is 0 Å². The van der Waals surface area contributed by atoms with Gasteiger partial charge in [-0.25, -0.2) is 4.39 Å². The molecule has 1 atom stereocenters. The maximum atomic E-state index is 13.7. The van der Waals surface area contributed by atoms with Gasteiger partial charge in [0.2, 0.25) is 5.91 Å². The van der Waals surface area contributed by atoms with E-state index in [4.69, 9.17) is 9.84 Å². The van der Waals surface area contributed by atoms with Gasteiger partial charge in [-0.2, -0.15) is 5.10 Å². The van der Waals surface area contributed by atoms with Crippen molar-refractivity contribution < 1.29 is 23.8 Å². The molecule has 2 rings (SSSR count). The third-order valence-corrected chi connectivity index (χ3v) is 3.82. The van der Waals surface area contributed by atoms with Gasteiger partial charge < -0.3 is 15.2 Å². The van der Waals surface area contributed by atoms with Gasteiger partial charge in [0, 0.05) is 0 Å². The Morgan fingerprint density at radius 1 is 1.57 bits per heavy atom. The van der Waals surface area contributed by atoms with Crippen LogP contribution >= 0.6 is 11.8 Å². The average Bonchev–Trinajstić information content (AvgIpc) is 2.81. The molecule has 23 heavy (non-hydrogen) atoms. The lowest BCUT2D eigenvalue weighted by atomic mass is 10.2. The Hall–Kier alpha value is -2.42. The number of hydrogen-bond acceptors (Lipinski definition) is 6. The largest absolute Gasteiger partial charge is 0.491 e. The van der Waals surface area contributed by atoms with E-state index in [9.17, 15) is 14.0 Å². The van der Waals surface area contributed by atoms with Crippen LogP contribution in [-0.2, 0) is 9.59 Å². The van der Waals surface area contributed by atoms with Gasteiger partial charge in [0.25, 0.3) is 0 Å². The number of amidine groups is 1. The summed E-state index contributed by atoms with van der Waals surface area (Å²) in [7, 11) is 0. The minimum Gasteiger partial charge on any atom is -0.491 e. The quantitative estimate of drug-likeness (QED) is 0.606. The molecular formula is C14H14FN3O4S. The number of carboxylic acids is 1. The first kappa shape index (κ1) is 16.9. The number of benzene rings is 1. The zero-order valence-electron chi connectivity index (χ0n) is 12.2. The Morgan fingerprint density at radius 2 is 2.35 bits per heavy atom. The number of carbonyl (C=O) groups is 2. The number of aliphatic carboxylic acids is 1. The van der Waals surface area contributed by atoms with Crippen molar-refractivity contribution in [2.24, 2.45) is 10.2 Å². The molecule has 0 radical (unpaired) electrons. The number of ether oxygens (including phenoxy) is 1. The van der Waals surface area contributed by atoms with E-state index in [-0.39, 0.29) is 17.3 Å². The third-order valence-electron chi connectivity index (χ3n) is 2.75. The summed E-state index contributed by atoms with van der Waals surface area (Å²) < 4.78 is 18.7. The summed E-state index contributed by atoms with van der Waals surface area (Å²) in [4.78, 5) is 22.1. The smallest absolute Gasteiger partial charge is 0.305 e. The summed E-state index contributed by atoms with van der Waals surface area (Å²) in [5, 5.41) is 18.2. The lowest BCUT2D eigenvalue weighted by Gasteiger charge is -2.04. The van der Waals surface area contributed by atoms with Crippen molar-refractivity contribution in [3.8, 4) is 5.75 Å². The van der Waals surface area contributed by atoms with Gasteiger partial charge >= 0.3 is 5.97 Å². The molecule has 1 unspecified atom stereocenters. The number of hydrogen-bond donors (Lipinski definition) is 2. The van der Waals surface area contributed by atoms with E-state index < -0.39 is 22.9 Å². The second-order valence-corrected chi connectivity index (χ2v) is 5.66. The molecule has 1 heterocycles. The van der Waals surface area contributed by atoms with Crippen LogP contribution in [0, 0.1) is 5.82 Å². The standard InChI is InChI=1S/C14H14FN3O4S/c1-2-22-10-4-3-8(5-9(10)15)7-16-18-14-17-13(21)11(23-14)6-12(19)20/h3-5,7,11H,2,6H2,1H3,(H,19,20)(H,17,18,21). The molecule has 1 aliphatic heterocycles. The maximum absolute atomic E-state index is 13.7. The topological polar surface area (TPSA) is 100 Å². The maximum Gasteiger partial charge on any atom is 0.305 e. The van der Waals surface area contributed by atoms with Gasteiger partial charge in [-0.15, -0.1) is 5.10 Å². The molecule has 1 aromatic rings. The third kappa shape index (κ3) is 4.78. The minimum atomic E-state index is -1.06. The second kappa shape index (κ2) is 7.73. The zero-order chi connectivity index (χ0) is 16.8. The van der Waals surface area contributed by atoms with Crippen molar-refractivity contribution in [2.75, 3.05) is 6.61 Å². The molecule has 122 valence electrons. The first-order valence-corrected chi connectivity index (χ1v) is 7.60. The fourth-order valence-corrected chi connectivity index (χ4v) is 2.68. The molecule has 1 aromatic carbocycles. The highest BCUT2D eigenvalue weighted by Crippen LogP contribution is 2.22. The number of amides is 1. The fourth-order valence-electron chi connectivity index (χ4n) is 1.76. The van der Waals surface area contributed by atoms with E-state index in [0.29, 0.717) is 12.2 Å². The molecule has 9 heteroatoms. The van der Waals surface area contributed by atoms with E-state index in [1.54, 1.807) is 13.0 Å². The number of nitrogens with zero attached hydrogens (tertiary/aromatic N) is 2. The normalized spacial score (nSPS) is 19.3. The van der Waals surface area contributed by atoms with Gasteiger partial charge in [-0.1, -0.05) is 11.8 Å². The lowest BCUT2D eigenvalue weighted by Crippen LogP contribution is -2.26. The molecule has 0 bridgehead atoms. The SMILES string of the molecule is CCOc1ccc(C=NN=C2NC(=O)C(CC(=O)O)S2)cc1F. The number of thioether (sulfide) groups is 1. The highest BCUT2D eigenvalue weighted by Gasteiger charge is 2.32. The lowest BCUT2D eigenvalue weighted by molar-refractivity contribution is -0.138.